The van der Waals surface area contributed by atoms with Crippen LogP contribution in [0.3, 0.4) is 0 Å². The zero-order chi connectivity index (χ0) is 14.4. The summed E-state index contributed by atoms with van der Waals surface area (Å²) in [5, 5.41) is 10.7. The predicted octanol–water partition coefficient (Wildman–Crippen LogP) is 1.59. The maximum absolute atomic E-state index is 4.21. The molecule has 20 heavy (non-hydrogen) atoms. The van der Waals surface area contributed by atoms with Gasteiger partial charge < -0.3 is 10.6 Å². The molecule has 2 N–H and O–H groups in total. The van der Waals surface area contributed by atoms with Gasteiger partial charge in [0.25, 0.3) is 0 Å². The van der Waals surface area contributed by atoms with Gasteiger partial charge in [0.05, 0.1) is 6.20 Å². The smallest absolute Gasteiger partial charge is 0.191 e. The van der Waals surface area contributed by atoms with Gasteiger partial charge in [0.15, 0.2) is 5.96 Å². The lowest BCUT2D eigenvalue weighted by Crippen LogP contribution is -2.36. The van der Waals surface area contributed by atoms with Crippen molar-refractivity contribution in [3.63, 3.8) is 0 Å². The van der Waals surface area contributed by atoms with Gasteiger partial charge in [0.1, 0.15) is 0 Å². The van der Waals surface area contributed by atoms with Gasteiger partial charge >= 0.3 is 0 Å². The highest BCUT2D eigenvalue weighted by Crippen LogP contribution is 2.03. The van der Waals surface area contributed by atoms with Gasteiger partial charge in [-0.3, -0.25) is 9.67 Å². The summed E-state index contributed by atoms with van der Waals surface area (Å²) in [5.41, 5.74) is 3.64. The van der Waals surface area contributed by atoms with Crippen molar-refractivity contribution in [1.82, 2.24) is 20.4 Å². The van der Waals surface area contributed by atoms with E-state index in [9.17, 15) is 0 Å². The van der Waals surface area contributed by atoms with Crippen LogP contribution >= 0.6 is 0 Å². The van der Waals surface area contributed by atoms with E-state index in [2.05, 4.69) is 51.9 Å². The molecule has 0 saturated carbocycles. The Morgan fingerprint density at radius 3 is 2.60 bits per heavy atom. The lowest BCUT2D eigenvalue weighted by atomic mass is 10.1. The molecule has 0 spiro atoms. The van der Waals surface area contributed by atoms with Crippen molar-refractivity contribution >= 4 is 5.96 Å². The first kappa shape index (κ1) is 14.1. The van der Waals surface area contributed by atoms with E-state index in [-0.39, 0.29) is 0 Å². The van der Waals surface area contributed by atoms with Crippen LogP contribution in [-0.4, -0.2) is 22.8 Å². The number of hydrogen-bond donors (Lipinski definition) is 2. The standard InChI is InChI=1S/C15H21N5/c1-12-5-4-6-13(7-12)8-17-15(16-2)18-9-14-10-19-20(3)11-14/h4-7,10-11H,8-9H2,1-3H3,(H2,16,17,18). The molecule has 0 aliphatic heterocycles. The van der Waals surface area contributed by atoms with Gasteiger partial charge in [-0.25, -0.2) is 0 Å². The number of hydrogen-bond acceptors (Lipinski definition) is 2. The topological polar surface area (TPSA) is 54.2 Å². The SMILES string of the molecule is CN=C(NCc1cccc(C)c1)NCc1cnn(C)c1. The van der Waals surface area contributed by atoms with Crippen molar-refractivity contribution in [3.8, 4) is 0 Å². The normalized spacial score (nSPS) is 11.4. The number of aryl methyl sites for hydroxylation is 2. The van der Waals surface area contributed by atoms with E-state index >= 15 is 0 Å². The first-order valence-electron chi connectivity index (χ1n) is 6.65. The second-order valence-electron chi connectivity index (χ2n) is 4.79. The number of nitrogens with zero attached hydrogens (tertiary/aromatic N) is 3. The number of benzene rings is 1. The molecule has 0 radical (unpaired) electrons. The zero-order valence-corrected chi connectivity index (χ0v) is 12.2. The summed E-state index contributed by atoms with van der Waals surface area (Å²) in [5.74, 6) is 0.787. The van der Waals surface area contributed by atoms with E-state index < -0.39 is 0 Å². The van der Waals surface area contributed by atoms with E-state index in [1.54, 1.807) is 11.7 Å². The Bertz CT molecular complexity index is 585. The first-order valence-corrected chi connectivity index (χ1v) is 6.65. The van der Waals surface area contributed by atoms with Crippen LogP contribution in [0.25, 0.3) is 0 Å². The van der Waals surface area contributed by atoms with Crippen molar-refractivity contribution in [3.05, 3.63) is 53.3 Å². The Balaban J connectivity index is 1.84. The Labute approximate surface area is 119 Å². The highest BCUT2D eigenvalue weighted by molar-refractivity contribution is 5.79. The molecule has 1 heterocycles. The largest absolute Gasteiger partial charge is 0.352 e. The molecule has 5 nitrogen and oxygen atoms in total. The van der Waals surface area contributed by atoms with Gasteiger partial charge in [0, 0.05) is 38.9 Å². The minimum atomic E-state index is 0.710. The highest BCUT2D eigenvalue weighted by atomic mass is 15.2. The average molecular weight is 271 g/mol. The van der Waals surface area contributed by atoms with Crippen LogP contribution in [0.1, 0.15) is 16.7 Å². The minimum Gasteiger partial charge on any atom is -0.352 e. The molecule has 1 aromatic heterocycles. The lowest BCUT2D eigenvalue weighted by Gasteiger charge is -2.11. The lowest BCUT2D eigenvalue weighted by molar-refractivity contribution is 0.765. The fourth-order valence-corrected chi connectivity index (χ4v) is 1.98. The highest BCUT2D eigenvalue weighted by Gasteiger charge is 2.00. The molecular weight excluding hydrogens is 250 g/mol. The quantitative estimate of drug-likeness (QED) is 0.656. The molecule has 106 valence electrons. The Kier molecular flexibility index (Phi) is 4.76. The number of guanidine groups is 1. The fourth-order valence-electron chi connectivity index (χ4n) is 1.98. The van der Waals surface area contributed by atoms with Crippen LogP contribution in [0.15, 0.2) is 41.7 Å². The van der Waals surface area contributed by atoms with Crippen LogP contribution < -0.4 is 10.6 Å². The summed E-state index contributed by atoms with van der Waals surface area (Å²) < 4.78 is 1.79. The maximum atomic E-state index is 4.21. The second kappa shape index (κ2) is 6.75. The summed E-state index contributed by atoms with van der Waals surface area (Å²) in [6.07, 6.45) is 3.83. The van der Waals surface area contributed by atoms with Crippen molar-refractivity contribution in [2.24, 2.45) is 12.0 Å². The summed E-state index contributed by atoms with van der Waals surface area (Å²) in [6.45, 7) is 3.56. The summed E-state index contributed by atoms with van der Waals surface area (Å²) in [4.78, 5) is 4.21. The van der Waals surface area contributed by atoms with Gasteiger partial charge in [-0.15, -0.1) is 0 Å². The van der Waals surface area contributed by atoms with Gasteiger partial charge in [0.2, 0.25) is 0 Å². The number of nitrogens with one attached hydrogen (secondary N) is 2. The molecule has 0 fully saturated rings. The van der Waals surface area contributed by atoms with E-state index in [1.807, 2.05) is 19.4 Å². The molecule has 2 rings (SSSR count). The van der Waals surface area contributed by atoms with Crippen LogP contribution in [-0.2, 0) is 20.1 Å². The molecule has 0 atom stereocenters. The van der Waals surface area contributed by atoms with Gasteiger partial charge in [-0.1, -0.05) is 29.8 Å². The molecule has 0 amide bonds. The van der Waals surface area contributed by atoms with Gasteiger partial charge in [-0.2, -0.15) is 5.10 Å². The summed E-state index contributed by atoms with van der Waals surface area (Å²) >= 11 is 0. The van der Waals surface area contributed by atoms with Crippen molar-refractivity contribution in [2.45, 2.75) is 20.0 Å². The van der Waals surface area contributed by atoms with Crippen LogP contribution in [0.4, 0.5) is 0 Å². The van der Waals surface area contributed by atoms with Crippen LogP contribution in [0.5, 0.6) is 0 Å². The fraction of sp³-hybridized carbons (Fsp3) is 0.333. The molecule has 2 aromatic rings. The Hall–Kier alpha value is -2.30. The molecule has 5 heteroatoms. The van der Waals surface area contributed by atoms with Crippen LogP contribution in [0, 0.1) is 6.92 Å². The number of rotatable bonds is 4. The van der Waals surface area contributed by atoms with Crippen LogP contribution in [0.2, 0.25) is 0 Å². The van der Waals surface area contributed by atoms with Crippen molar-refractivity contribution in [2.75, 3.05) is 7.05 Å². The third-order valence-corrected chi connectivity index (χ3v) is 2.98. The number of aromatic nitrogens is 2. The molecule has 1 aromatic carbocycles. The zero-order valence-electron chi connectivity index (χ0n) is 12.2. The molecular formula is C15H21N5. The minimum absolute atomic E-state index is 0.710. The summed E-state index contributed by atoms with van der Waals surface area (Å²) in [6, 6.07) is 8.44. The number of aliphatic imine (C=N–C) groups is 1. The third kappa shape index (κ3) is 4.12. The van der Waals surface area contributed by atoms with Gasteiger partial charge in [-0.05, 0) is 12.5 Å². The molecule has 0 bridgehead atoms. The predicted molar refractivity (Wildman–Crippen MR) is 81.4 cm³/mol. The average Bonchev–Trinajstić information content (AvgIpc) is 2.85. The molecule has 0 saturated heterocycles. The first-order chi connectivity index (χ1) is 9.67. The summed E-state index contributed by atoms with van der Waals surface area (Å²) in [7, 11) is 3.68. The molecule has 0 aliphatic rings. The maximum Gasteiger partial charge on any atom is 0.191 e. The monoisotopic (exact) mass is 271 g/mol. The van der Waals surface area contributed by atoms with E-state index in [0.717, 1.165) is 18.1 Å². The van der Waals surface area contributed by atoms with Crippen molar-refractivity contribution < 1.29 is 0 Å². The molecule has 0 unspecified atom stereocenters. The molecule has 0 aliphatic carbocycles. The Morgan fingerprint density at radius 2 is 2.00 bits per heavy atom. The van der Waals surface area contributed by atoms with E-state index in [4.69, 9.17) is 0 Å². The Morgan fingerprint density at radius 1 is 1.25 bits per heavy atom. The van der Waals surface area contributed by atoms with E-state index in [1.165, 1.54) is 11.1 Å². The third-order valence-electron chi connectivity index (χ3n) is 2.98. The second-order valence-corrected chi connectivity index (χ2v) is 4.79. The van der Waals surface area contributed by atoms with E-state index in [0.29, 0.717) is 6.54 Å². The van der Waals surface area contributed by atoms with Crippen molar-refractivity contribution in [1.29, 1.82) is 0 Å².